The fraction of sp³-hybridized carbons (Fsp3) is 0.182. The van der Waals surface area contributed by atoms with E-state index in [1.807, 2.05) is 24.3 Å². The second-order valence-electron chi connectivity index (χ2n) is 6.72. The highest BCUT2D eigenvalue weighted by Crippen LogP contribution is 2.20. The number of nitrogens with one attached hydrogen (secondary N) is 1. The lowest BCUT2D eigenvalue weighted by atomic mass is 10.1. The molecular weight excluding hydrogens is 480 g/mol. The SMILES string of the molecule is COc1cccc(OCCOc2ccc(C=C(C#N)C(=O)Nc3nc(S(C)(=O)=O)ns3)cc2)c1. The van der Waals surface area contributed by atoms with Crippen LogP contribution in [0.5, 0.6) is 17.2 Å². The molecule has 0 aliphatic rings. The van der Waals surface area contributed by atoms with Crippen LogP contribution >= 0.6 is 11.5 Å². The Morgan fingerprint density at radius 1 is 1.12 bits per heavy atom. The zero-order valence-electron chi connectivity index (χ0n) is 18.2. The molecule has 1 amide bonds. The van der Waals surface area contributed by atoms with E-state index in [2.05, 4.69) is 14.7 Å². The number of benzene rings is 2. The number of hydrogen-bond donors (Lipinski definition) is 1. The second-order valence-corrected chi connectivity index (χ2v) is 9.38. The van der Waals surface area contributed by atoms with E-state index in [4.69, 9.17) is 14.2 Å². The van der Waals surface area contributed by atoms with Gasteiger partial charge in [0.15, 0.2) is 0 Å². The number of sulfone groups is 1. The lowest BCUT2D eigenvalue weighted by molar-refractivity contribution is -0.112. The van der Waals surface area contributed by atoms with Gasteiger partial charge in [-0.05, 0) is 35.9 Å². The Morgan fingerprint density at radius 3 is 2.41 bits per heavy atom. The van der Waals surface area contributed by atoms with E-state index in [9.17, 15) is 18.5 Å². The molecule has 1 aromatic heterocycles. The van der Waals surface area contributed by atoms with E-state index in [-0.39, 0.29) is 15.9 Å². The summed E-state index contributed by atoms with van der Waals surface area (Å²) < 4.78 is 43.0. The number of nitriles is 1. The van der Waals surface area contributed by atoms with Crippen LogP contribution in [0.15, 0.2) is 59.3 Å². The monoisotopic (exact) mass is 500 g/mol. The molecule has 0 saturated heterocycles. The third-order valence-electron chi connectivity index (χ3n) is 4.18. The van der Waals surface area contributed by atoms with Crippen LogP contribution in [0.25, 0.3) is 6.08 Å². The maximum atomic E-state index is 12.3. The number of nitrogens with zero attached hydrogens (tertiary/aromatic N) is 3. The lowest BCUT2D eigenvalue weighted by Crippen LogP contribution is -2.13. The van der Waals surface area contributed by atoms with Crippen LogP contribution in [0.1, 0.15) is 5.56 Å². The van der Waals surface area contributed by atoms with Gasteiger partial charge in [0.2, 0.25) is 15.0 Å². The van der Waals surface area contributed by atoms with Crippen LogP contribution in [-0.4, -0.2) is 50.3 Å². The Kier molecular flexibility index (Phi) is 8.18. The molecular formula is C22H20N4O6S2. The Bertz CT molecular complexity index is 1330. The quantitative estimate of drug-likeness (QED) is 0.253. The summed E-state index contributed by atoms with van der Waals surface area (Å²) in [5.74, 6) is 1.24. The molecule has 0 fully saturated rings. The predicted octanol–water partition coefficient (Wildman–Crippen LogP) is 2.95. The van der Waals surface area contributed by atoms with Gasteiger partial charge in [0, 0.05) is 23.9 Å². The van der Waals surface area contributed by atoms with Gasteiger partial charge in [-0.25, -0.2) is 8.42 Å². The normalized spacial score (nSPS) is 11.4. The minimum Gasteiger partial charge on any atom is -0.497 e. The van der Waals surface area contributed by atoms with Crippen molar-refractivity contribution in [3.05, 3.63) is 59.7 Å². The Morgan fingerprint density at radius 2 is 1.79 bits per heavy atom. The van der Waals surface area contributed by atoms with Gasteiger partial charge in [-0.1, -0.05) is 18.2 Å². The fourth-order valence-corrected chi connectivity index (χ4v) is 4.00. The highest BCUT2D eigenvalue weighted by atomic mass is 32.2. The van der Waals surface area contributed by atoms with Crippen molar-refractivity contribution in [3.63, 3.8) is 0 Å². The Hall–Kier alpha value is -3.95. The third kappa shape index (κ3) is 7.03. The summed E-state index contributed by atoms with van der Waals surface area (Å²) >= 11 is 0.709. The number of carbonyl (C=O) groups excluding carboxylic acids is 1. The van der Waals surface area contributed by atoms with Crippen LogP contribution in [0.3, 0.4) is 0 Å². The molecule has 34 heavy (non-hydrogen) atoms. The number of hydrogen-bond acceptors (Lipinski definition) is 10. The van der Waals surface area contributed by atoms with Gasteiger partial charge in [0.25, 0.3) is 11.1 Å². The van der Waals surface area contributed by atoms with Crippen molar-refractivity contribution in [1.29, 1.82) is 5.26 Å². The van der Waals surface area contributed by atoms with Gasteiger partial charge >= 0.3 is 0 Å². The zero-order chi connectivity index (χ0) is 24.6. The lowest BCUT2D eigenvalue weighted by Gasteiger charge is -2.09. The van der Waals surface area contributed by atoms with Crippen molar-refractivity contribution in [2.75, 3.05) is 31.9 Å². The fourth-order valence-electron chi connectivity index (χ4n) is 2.56. The van der Waals surface area contributed by atoms with Crippen LogP contribution in [-0.2, 0) is 14.6 Å². The number of amides is 1. The van der Waals surface area contributed by atoms with Gasteiger partial charge in [-0.15, -0.1) is 0 Å². The summed E-state index contributed by atoms with van der Waals surface area (Å²) in [6.45, 7) is 0.649. The summed E-state index contributed by atoms with van der Waals surface area (Å²) in [5, 5.41) is 11.3. The summed E-state index contributed by atoms with van der Waals surface area (Å²) in [6.07, 6.45) is 2.35. The molecule has 1 N–H and O–H groups in total. The highest BCUT2D eigenvalue weighted by molar-refractivity contribution is 7.90. The molecule has 0 aliphatic heterocycles. The van der Waals surface area contributed by atoms with E-state index in [1.165, 1.54) is 6.08 Å². The topological polar surface area (TPSA) is 140 Å². The highest BCUT2D eigenvalue weighted by Gasteiger charge is 2.17. The summed E-state index contributed by atoms with van der Waals surface area (Å²) in [6, 6.07) is 15.9. The van der Waals surface area contributed by atoms with Crippen molar-refractivity contribution in [3.8, 4) is 23.3 Å². The molecule has 10 nitrogen and oxygen atoms in total. The summed E-state index contributed by atoms with van der Waals surface area (Å²) in [7, 11) is -2.00. The minimum absolute atomic E-state index is 0.0218. The average molecular weight is 501 g/mol. The van der Waals surface area contributed by atoms with Gasteiger partial charge in [0.05, 0.1) is 7.11 Å². The molecule has 3 rings (SSSR count). The summed E-state index contributed by atoms with van der Waals surface area (Å²) in [4.78, 5) is 16.1. The van der Waals surface area contributed by atoms with Gasteiger partial charge in [-0.2, -0.15) is 14.6 Å². The van der Waals surface area contributed by atoms with E-state index in [0.29, 0.717) is 47.6 Å². The molecule has 0 saturated carbocycles. The Balaban J connectivity index is 1.54. The number of carbonyl (C=O) groups is 1. The van der Waals surface area contributed by atoms with E-state index in [1.54, 1.807) is 37.4 Å². The van der Waals surface area contributed by atoms with Crippen LogP contribution in [0, 0.1) is 11.3 Å². The van der Waals surface area contributed by atoms with E-state index < -0.39 is 15.7 Å². The first-order chi connectivity index (χ1) is 16.3. The van der Waals surface area contributed by atoms with Crippen LogP contribution < -0.4 is 19.5 Å². The van der Waals surface area contributed by atoms with Crippen molar-refractivity contribution < 1.29 is 27.4 Å². The van der Waals surface area contributed by atoms with Gasteiger partial charge in [0.1, 0.15) is 42.1 Å². The molecule has 2 aromatic carbocycles. The van der Waals surface area contributed by atoms with E-state index >= 15 is 0 Å². The molecule has 0 atom stereocenters. The van der Waals surface area contributed by atoms with E-state index in [0.717, 1.165) is 6.26 Å². The number of methoxy groups -OCH3 is 1. The summed E-state index contributed by atoms with van der Waals surface area (Å²) in [5.41, 5.74) is 0.414. The zero-order valence-corrected chi connectivity index (χ0v) is 19.9. The molecule has 176 valence electrons. The maximum absolute atomic E-state index is 12.3. The molecule has 12 heteroatoms. The standard InChI is InChI=1S/C22H20N4O6S2/c1-30-18-4-3-5-19(13-18)32-11-10-31-17-8-6-15(7-9-17)12-16(14-23)20(27)24-21-25-22(26-33-21)34(2,28)29/h3-9,12-13H,10-11H2,1-2H3,(H,24,25,26,27). The third-order valence-corrected chi connectivity index (χ3v) is 5.77. The average Bonchev–Trinajstić information content (AvgIpc) is 3.30. The van der Waals surface area contributed by atoms with Gasteiger partial charge < -0.3 is 14.2 Å². The first-order valence-corrected chi connectivity index (χ1v) is 12.4. The molecule has 0 spiro atoms. The smallest absolute Gasteiger partial charge is 0.268 e. The molecule has 0 bridgehead atoms. The number of rotatable bonds is 10. The second kappa shape index (κ2) is 11.3. The predicted molar refractivity (Wildman–Crippen MR) is 126 cm³/mol. The van der Waals surface area contributed by atoms with Crippen molar-refractivity contribution in [2.24, 2.45) is 0 Å². The number of anilines is 1. The van der Waals surface area contributed by atoms with Crippen molar-refractivity contribution >= 4 is 38.5 Å². The van der Waals surface area contributed by atoms with Crippen LogP contribution in [0.2, 0.25) is 0 Å². The molecule has 0 radical (unpaired) electrons. The minimum atomic E-state index is -3.59. The van der Waals surface area contributed by atoms with Crippen LogP contribution in [0.4, 0.5) is 5.13 Å². The van der Waals surface area contributed by atoms with Gasteiger partial charge in [-0.3, -0.25) is 10.1 Å². The maximum Gasteiger partial charge on any atom is 0.268 e. The number of ether oxygens (including phenoxy) is 3. The molecule has 0 unspecified atom stereocenters. The molecule has 1 heterocycles. The largest absolute Gasteiger partial charge is 0.497 e. The van der Waals surface area contributed by atoms with Crippen molar-refractivity contribution in [1.82, 2.24) is 9.36 Å². The number of aromatic nitrogens is 2. The Labute approximate surface area is 200 Å². The first kappa shape index (κ1) is 24.7. The van der Waals surface area contributed by atoms with Crippen molar-refractivity contribution in [2.45, 2.75) is 5.16 Å². The first-order valence-electron chi connectivity index (χ1n) is 9.75. The molecule has 3 aromatic rings. The molecule has 0 aliphatic carbocycles.